The zero-order valence-corrected chi connectivity index (χ0v) is 14.1. The lowest BCUT2D eigenvalue weighted by Gasteiger charge is -2.17. The highest BCUT2D eigenvalue weighted by atomic mass is 79.9. The van der Waals surface area contributed by atoms with Gasteiger partial charge in [-0.1, -0.05) is 13.0 Å². The molecular formula is C15H23BrN2O2. The zero-order chi connectivity index (χ0) is 15.1. The summed E-state index contributed by atoms with van der Waals surface area (Å²) in [6.07, 6.45) is -0.520. The van der Waals surface area contributed by atoms with Crippen LogP contribution in [0.3, 0.4) is 0 Å². The molecule has 1 unspecified atom stereocenters. The van der Waals surface area contributed by atoms with E-state index in [0.717, 1.165) is 17.6 Å². The van der Waals surface area contributed by atoms with Crippen LogP contribution in [-0.4, -0.2) is 24.6 Å². The summed E-state index contributed by atoms with van der Waals surface area (Å²) in [6, 6.07) is 6.00. The molecule has 0 aliphatic rings. The van der Waals surface area contributed by atoms with Gasteiger partial charge in [-0.05, 0) is 60.9 Å². The van der Waals surface area contributed by atoms with Gasteiger partial charge in [0, 0.05) is 12.6 Å². The monoisotopic (exact) mass is 342 g/mol. The van der Waals surface area contributed by atoms with Crippen molar-refractivity contribution in [2.24, 2.45) is 0 Å². The van der Waals surface area contributed by atoms with E-state index >= 15 is 0 Å². The highest BCUT2D eigenvalue weighted by Gasteiger charge is 2.16. The third kappa shape index (κ3) is 5.51. The number of carbonyl (C=O) groups is 1. The lowest BCUT2D eigenvalue weighted by atomic mass is 10.2. The number of ether oxygens (including phenoxy) is 1. The summed E-state index contributed by atoms with van der Waals surface area (Å²) >= 11 is 3.48. The van der Waals surface area contributed by atoms with Crippen molar-refractivity contribution >= 4 is 21.8 Å². The van der Waals surface area contributed by atoms with Crippen LogP contribution in [0.25, 0.3) is 0 Å². The topological polar surface area (TPSA) is 50.4 Å². The number of amides is 1. The third-order valence-corrected chi connectivity index (χ3v) is 3.30. The predicted octanol–water partition coefficient (Wildman–Crippen LogP) is 2.85. The highest BCUT2D eigenvalue weighted by Crippen LogP contribution is 2.27. The number of hydrogen-bond donors (Lipinski definition) is 2. The smallest absolute Gasteiger partial charge is 0.260 e. The van der Waals surface area contributed by atoms with Crippen molar-refractivity contribution in [2.75, 3.05) is 6.54 Å². The molecule has 0 saturated heterocycles. The van der Waals surface area contributed by atoms with Crippen molar-refractivity contribution in [3.63, 3.8) is 0 Å². The fourth-order valence-electron chi connectivity index (χ4n) is 1.67. The molecule has 0 bridgehead atoms. The minimum atomic E-state index is -0.520. The van der Waals surface area contributed by atoms with Crippen LogP contribution in [0.2, 0.25) is 0 Å². The van der Waals surface area contributed by atoms with E-state index in [4.69, 9.17) is 4.74 Å². The summed E-state index contributed by atoms with van der Waals surface area (Å²) in [5.74, 6) is 0.570. The average Bonchev–Trinajstić information content (AvgIpc) is 2.38. The molecule has 2 N–H and O–H groups in total. The molecule has 1 atom stereocenters. The molecule has 1 rings (SSSR count). The summed E-state index contributed by atoms with van der Waals surface area (Å²) in [5, 5.41) is 6.10. The van der Waals surface area contributed by atoms with Gasteiger partial charge in [-0.3, -0.25) is 4.79 Å². The van der Waals surface area contributed by atoms with Gasteiger partial charge < -0.3 is 15.4 Å². The lowest BCUT2D eigenvalue weighted by molar-refractivity contribution is -0.127. The maximum atomic E-state index is 11.8. The number of benzene rings is 1. The first kappa shape index (κ1) is 17.0. The first-order chi connectivity index (χ1) is 9.43. The SMILES string of the molecule is CCNCc1ccc(OC(C)C(=O)NC(C)C)c(Br)c1. The fraction of sp³-hybridized carbons (Fsp3) is 0.533. The summed E-state index contributed by atoms with van der Waals surface area (Å²) in [5.41, 5.74) is 1.17. The molecule has 4 nitrogen and oxygen atoms in total. The Bertz CT molecular complexity index is 449. The van der Waals surface area contributed by atoms with Gasteiger partial charge in [0.25, 0.3) is 5.91 Å². The standard InChI is InChI=1S/C15H23BrN2O2/c1-5-17-9-12-6-7-14(13(16)8-12)20-11(4)15(19)18-10(2)3/h6-8,10-11,17H,5,9H2,1-4H3,(H,18,19). The molecule has 20 heavy (non-hydrogen) atoms. The Morgan fingerprint density at radius 1 is 1.35 bits per heavy atom. The minimum Gasteiger partial charge on any atom is -0.480 e. The molecule has 0 aliphatic heterocycles. The van der Waals surface area contributed by atoms with Gasteiger partial charge in [-0.15, -0.1) is 0 Å². The van der Waals surface area contributed by atoms with Crippen molar-refractivity contribution in [1.29, 1.82) is 0 Å². The average molecular weight is 343 g/mol. The maximum Gasteiger partial charge on any atom is 0.260 e. The third-order valence-electron chi connectivity index (χ3n) is 2.68. The number of hydrogen-bond acceptors (Lipinski definition) is 3. The van der Waals surface area contributed by atoms with E-state index in [1.54, 1.807) is 6.92 Å². The predicted molar refractivity (Wildman–Crippen MR) is 84.9 cm³/mol. The molecule has 1 aromatic rings. The summed E-state index contributed by atoms with van der Waals surface area (Å²) < 4.78 is 6.55. The van der Waals surface area contributed by atoms with Crippen LogP contribution in [0.1, 0.15) is 33.3 Å². The van der Waals surface area contributed by atoms with Crippen LogP contribution in [0.15, 0.2) is 22.7 Å². The van der Waals surface area contributed by atoms with Gasteiger partial charge in [-0.25, -0.2) is 0 Å². The molecule has 0 saturated carbocycles. The van der Waals surface area contributed by atoms with E-state index < -0.39 is 6.10 Å². The Morgan fingerprint density at radius 2 is 2.05 bits per heavy atom. The van der Waals surface area contributed by atoms with E-state index in [0.29, 0.717) is 5.75 Å². The van der Waals surface area contributed by atoms with E-state index in [2.05, 4.69) is 33.5 Å². The molecule has 112 valence electrons. The van der Waals surface area contributed by atoms with Crippen LogP contribution in [0.5, 0.6) is 5.75 Å². The molecule has 0 aliphatic carbocycles. The molecule has 5 heteroatoms. The second kappa shape index (κ2) is 8.27. The van der Waals surface area contributed by atoms with Crippen molar-refractivity contribution in [1.82, 2.24) is 10.6 Å². The van der Waals surface area contributed by atoms with Gasteiger partial charge in [-0.2, -0.15) is 0 Å². The van der Waals surface area contributed by atoms with Crippen LogP contribution in [-0.2, 0) is 11.3 Å². The Kier molecular flexibility index (Phi) is 7.02. The molecule has 0 heterocycles. The second-order valence-corrected chi connectivity index (χ2v) is 5.82. The number of rotatable bonds is 7. The number of halogens is 1. The van der Waals surface area contributed by atoms with Crippen LogP contribution >= 0.6 is 15.9 Å². The van der Waals surface area contributed by atoms with Gasteiger partial charge in [0.05, 0.1) is 4.47 Å². The van der Waals surface area contributed by atoms with Crippen LogP contribution in [0, 0.1) is 0 Å². The molecular weight excluding hydrogens is 320 g/mol. The summed E-state index contributed by atoms with van der Waals surface area (Å²) in [6.45, 7) is 9.42. The second-order valence-electron chi connectivity index (χ2n) is 4.97. The van der Waals surface area contributed by atoms with E-state index in [1.807, 2.05) is 32.0 Å². The highest BCUT2D eigenvalue weighted by molar-refractivity contribution is 9.10. The Balaban J connectivity index is 2.66. The first-order valence-electron chi connectivity index (χ1n) is 6.90. The van der Waals surface area contributed by atoms with E-state index in [9.17, 15) is 4.79 Å². The van der Waals surface area contributed by atoms with Crippen molar-refractivity contribution in [3.8, 4) is 5.75 Å². The van der Waals surface area contributed by atoms with Gasteiger partial charge in [0.2, 0.25) is 0 Å². The van der Waals surface area contributed by atoms with Gasteiger partial charge >= 0.3 is 0 Å². The van der Waals surface area contributed by atoms with Crippen molar-refractivity contribution < 1.29 is 9.53 Å². The first-order valence-corrected chi connectivity index (χ1v) is 7.69. The zero-order valence-electron chi connectivity index (χ0n) is 12.5. The molecule has 0 fully saturated rings. The Hall–Kier alpha value is -1.07. The van der Waals surface area contributed by atoms with E-state index in [1.165, 1.54) is 5.56 Å². The number of carbonyl (C=O) groups excluding carboxylic acids is 1. The number of nitrogens with one attached hydrogen (secondary N) is 2. The molecule has 0 aromatic heterocycles. The molecule has 1 amide bonds. The largest absolute Gasteiger partial charge is 0.480 e. The van der Waals surface area contributed by atoms with Crippen molar-refractivity contribution in [2.45, 2.75) is 46.4 Å². The lowest BCUT2D eigenvalue weighted by Crippen LogP contribution is -2.40. The molecule has 1 aromatic carbocycles. The van der Waals surface area contributed by atoms with Crippen LogP contribution in [0.4, 0.5) is 0 Å². The summed E-state index contributed by atoms with van der Waals surface area (Å²) in [7, 11) is 0. The maximum absolute atomic E-state index is 11.8. The van der Waals surface area contributed by atoms with E-state index in [-0.39, 0.29) is 11.9 Å². The molecule has 0 spiro atoms. The molecule has 0 radical (unpaired) electrons. The Labute approximate surface area is 129 Å². The summed E-state index contributed by atoms with van der Waals surface area (Å²) in [4.78, 5) is 11.8. The van der Waals surface area contributed by atoms with Gasteiger partial charge in [0.15, 0.2) is 6.10 Å². The quantitative estimate of drug-likeness (QED) is 0.800. The Morgan fingerprint density at radius 3 is 2.60 bits per heavy atom. The van der Waals surface area contributed by atoms with Crippen LogP contribution < -0.4 is 15.4 Å². The fourth-order valence-corrected chi connectivity index (χ4v) is 2.18. The van der Waals surface area contributed by atoms with Gasteiger partial charge in [0.1, 0.15) is 5.75 Å². The minimum absolute atomic E-state index is 0.108. The normalized spacial score (nSPS) is 12.3. The van der Waals surface area contributed by atoms with Crippen molar-refractivity contribution in [3.05, 3.63) is 28.2 Å².